The largest absolute Gasteiger partial charge is 0.472 e. The molecule has 2 rings (SSSR count). The number of aromatic nitrogens is 2. The molecular weight excluding hydrogens is 178 g/mol. The average Bonchev–Trinajstić information content (AvgIpc) is 2.75. The molecule has 0 saturated heterocycles. The normalized spacial score (nSPS) is 13.0. The number of nitrogens with two attached hydrogens (primary N) is 1. The number of aryl methyl sites for hydroxylation is 1. The number of imidazole rings is 1. The van der Waals surface area contributed by atoms with Crippen molar-refractivity contribution in [3.05, 3.63) is 42.4 Å². The van der Waals surface area contributed by atoms with E-state index in [1.807, 2.05) is 17.7 Å². The van der Waals surface area contributed by atoms with Crippen LogP contribution in [0.25, 0.3) is 0 Å². The minimum absolute atomic E-state index is 0.0277. The zero-order chi connectivity index (χ0) is 9.97. The highest BCUT2D eigenvalue weighted by Gasteiger charge is 2.10. The fourth-order valence-electron chi connectivity index (χ4n) is 1.49. The zero-order valence-electron chi connectivity index (χ0n) is 8.05. The molecule has 0 aromatic carbocycles. The van der Waals surface area contributed by atoms with Gasteiger partial charge in [0.25, 0.3) is 0 Å². The number of nitrogens with zero attached hydrogens (tertiary/aromatic N) is 2. The van der Waals surface area contributed by atoms with Gasteiger partial charge in [0.2, 0.25) is 0 Å². The molecule has 0 aliphatic carbocycles. The van der Waals surface area contributed by atoms with E-state index in [9.17, 15) is 0 Å². The molecule has 0 bridgehead atoms. The molecule has 74 valence electrons. The first-order valence-electron chi connectivity index (χ1n) is 4.50. The van der Waals surface area contributed by atoms with Crippen molar-refractivity contribution in [2.24, 2.45) is 12.8 Å². The lowest BCUT2D eigenvalue weighted by atomic mass is 10.1. The summed E-state index contributed by atoms with van der Waals surface area (Å²) in [6.45, 7) is 0. The maximum Gasteiger partial charge on any atom is 0.0946 e. The molecule has 2 N–H and O–H groups in total. The van der Waals surface area contributed by atoms with Gasteiger partial charge in [-0.25, -0.2) is 4.98 Å². The lowest BCUT2D eigenvalue weighted by Gasteiger charge is -2.10. The second kappa shape index (κ2) is 3.67. The van der Waals surface area contributed by atoms with Crippen LogP contribution in [0, 0.1) is 0 Å². The maximum absolute atomic E-state index is 6.03. The number of hydrogen-bond acceptors (Lipinski definition) is 3. The summed E-state index contributed by atoms with van der Waals surface area (Å²) < 4.78 is 6.92. The van der Waals surface area contributed by atoms with E-state index in [1.165, 1.54) is 0 Å². The van der Waals surface area contributed by atoms with E-state index >= 15 is 0 Å². The summed E-state index contributed by atoms with van der Waals surface area (Å²) in [5.74, 6) is 0. The Morgan fingerprint density at radius 1 is 1.64 bits per heavy atom. The molecule has 0 radical (unpaired) electrons. The molecule has 0 aliphatic rings. The van der Waals surface area contributed by atoms with Crippen molar-refractivity contribution >= 4 is 0 Å². The van der Waals surface area contributed by atoms with E-state index in [4.69, 9.17) is 10.2 Å². The lowest BCUT2D eigenvalue weighted by Crippen LogP contribution is -2.16. The van der Waals surface area contributed by atoms with Crippen molar-refractivity contribution in [2.75, 3.05) is 0 Å². The van der Waals surface area contributed by atoms with Crippen LogP contribution in [-0.4, -0.2) is 9.55 Å². The molecule has 0 amide bonds. The van der Waals surface area contributed by atoms with E-state index in [0.717, 1.165) is 17.7 Å². The van der Waals surface area contributed by atoms with Crippen LogP contribution in [0.15, 0.2) is 35.5 Å². The standard InChI is InChI=1S/C10H13N3O/c1-13-7-12-5-10(13)9(11)4-8-2-3-14-6-8/h2-3,5-7,9H,4,11H2,1H3. The van der Waals surface area contributed by atoms with Gasteiger partial charge in [-0.3, -0.25) is 0 Å². The molecule has 0 fully saturated rings. The minimum Gasteiger partial charge on any atom is -0.472 e. The summed E-state index contributed by atoms with van der Waals surface area (Å²) in [4.78, 5) is 4.03. The Bertz CT molecular complexity index is 391. The molecule has 0 saturated carbocycles. The van der Waals surface area contributed by atoms with Gasteiger partial charge >= 0.3 is 0 Å². The Kier molecular flexibility index (Phi) is 2.37. The molecule has 14 heavy (non-hydrogen) atoms. The van der Waals surface area contributed by atoms with Gasteiger partial charge in [0.1, 0.15) is 0 Å². The Morgan fingerprint density at radius 2 is 2.50 bits per heavy atom. The molecular formula is C10H13N3O. The van der Waals surface area contributed by atoms with Crippen molar-refractivity contribution in [1.29, 1.82) is 0 Å². The molecule has 2 heterocycles. The van der Waals surface area contributed by atoms with Crippen molar-refractivity contribution < 1.29 is 4.42 Å². The van der Waals surface area contributed by atoms with E-state index < -0.39 is 0 Å². The molecule has 0 aliphatic heterocycles. The van der Waals surface area contributed by atoms with Crippen LogP contribution in [0.1, 0.15) is 17.3 Å². The highest BCUT2D eigenvalue weighted by Crippen LogP contribution is 2.14. The van der Waals surface area contributed by atoms with Crippen LogP contribution in [0.2, 0.25) is 0 Å². The average molecular weight is 191 g/mol. The number of furan rings is 1. The second-order valence-corrected chi connectivity index (χ2v) is 3.37. The predicted molar refractivity (Wildman–Crippen MR) is 52.5 cm³/mol. The quantitative estimate of drug-likeness (QED) is 0.794. The molecule has 1 unspecified atom stereocenters. The summed E-state index contributed by atoms with van der Waals surface area (Å²) in [5.41, 5.74) is 8.17. The summed E-state index contributed by atoms with van der Waals surface area (Å²) >= 11 is 0. The Labute approximate surface area is 82.4 Å². The molecule has 4 heteroatoms. The van der Waals surface area contributed by atoms with Crippen LogP contribution in [0.3, 0.4) is 0 Å². The fraction of sp³-hybridized carbons (Fsp3) is 0.300. The minimum atomic E-state index is -0.0277. The van der Waals surface area contributed by atoms with E-state index in [-0.39, 0.29) is 6.04 Å². The van der Waals surface area contributed by atoms with Gasteiger partial charge in [-0.05, 0) is 18.1 Å². The number of hydrogen-bond donors (Lipinski definition) is 1. The van der Waals surface area contributed by atoms with Gasteiger partial charge in [-0.1, -0.05) is 0 Å². The van der Waals surface area contributed by atoms with Gasteiger partial charge in [0.05, 0.1) is 30.6 Å². The van der Waals surface area contributed by atoms with Gasteiger partial charge < -0.3 is 14.7 Å². The van der Waals surface area contributed by atoms with Crippen molar-refractivity contribution in [2.45, 2.75) is 12.5 Å². The van der Waals surface area contributed by atoms with Crippen molar-refractivity contribution in [3.63, 3.8) is 0 Å². The summed E-state index contributed by atoms with van der Waals surface area (Å²) in [6.07, 6.45) is 7.70. The molecule has 4 nitrogen and oxygen atoms in total. The van der Waals surface area contributed by atoms with E-state index in [0.29, 0.717) is 0 Å². The van der Waals surface area contributed by atoms with E-state index in [1.54, 1.807) is 25.1 Å². The SMILES string of the molecule is Cn1cncc1C(N)Cc1ccoc1. The first-order chi connectivity index (χ1) is 6.77. The summed E-state index contributed by atoms with van der Waals surface area (Å²) in [5, 5.41) is 0. The first kappa shape index (κ1) is 9.02. The van der Waals surface area contributed by atoms with Gasteiger partial charge in [0.15, 0.2) is 0 Å². The predicted octanol–water partition coefficient (Wildman–Crippen LogP) is 1.26. The highest BCUT2D eigenvalue weighted by atomic mass is 16.3. The maximum atomic E-state index is 6.03. The smallest absolute Gasteiger partial charge is 0.0946 e. The summed E-state index contributed by atoms with van der Waals surface area (Å²) in [6, 6.07) is 1.90. The summed E-state index contributed by atoms with van der Waals surface area (Å²) in [7, 11) is 1.94. The van der Waals surface area contributed by atoms with Gasteiger partial charge in [0, 0.05) is 13.2 Å². The topological polar surface area (TPSA) is 57.0 Å². The van der Waals surface area contributed by atoms with Crippen molar-refractivity contribution in [1.82, 2.24) is 9.55 Å². The van der Waals surface area contributed by atoms with Crippen LogP contribution >= 0.6 is 0 Å². The van der Waals surface area contributed by atoms with Gasteiger partial charge in [-0.2, -0.15) is 0 Å². The first-order valence-corrected chi connectivity index (χ1v) is 4.50. The second-order valence-electron chi connectivity index (χ2n) is 3.37. The Balaban J connectivity index is 2.10. The van der Waals surface area contributed by atoms with Crippen molar-refractivity contribution in [3.8, 4) is 0 Å². The monoisotopic (exact) mass is 191 g/mol. The fourth-order valence-corrected chi connectivity index (χ4v) is 1.49. The zero-order valence-corrected chi connectivity index (χ0v) is 8.05. The Morgan fingerprint density at radius 3 is 3.07 bits per heavy atom. The van der Waals surface area contributed by atoms with Gasteiger partial charge in [-0.15, -0.1) is 0 Å². The lowest BCUT2D eigenvalue weighted by molar-refractivity contribution is 0.559. The van der Waals surface area contributed by atoms with Crippen LogP contribution in [-0.2, 0) is 13.5 Å². The third kappa shape index (κ3) is 1.70. The Hall–Kier alpha value is -1.55. The van der Waals surface area contributed by atoms with E-state index in [2.05, 4.69) is 4.98 Å². The molecule has 2 aromatic heterocycles. The third-order valence-electron chi connectivity index (χ3n) is 2.27. The third-order valence-corrected chi connectivity index (χ3v) is 2.27. The molecule has 2 aromatic rings. The number of rotatable bonds is 3. The van der Waals surface area contributed by atoms with Crippen LogP contribution in [0.5, 0.6) is 0 Å². The molecule has 0 spiro atoms. The highest BCUT2D eigenvalue weighted by molar-refractivity contribution is 5.13. The molecule has 1 atom stereocenters. The van der Waals surface area contributed by atoms with Crippen LogP contribution in [0.4, 0.5) is 0 Å². The van der Waals surface area contributed by atoms with Crippen LogP contribution < -0.4 is 5.73 Å².